The summed E-state index contributed by atoms with van der Waals surface area (Å²) in [4.78, 5) is 4.04. The van der Waals surface area contributed by atoms with Crippen LogP contribution >= 0.6 is 0 Å². The van der Waals surface area contributed by atoms with Crippen LogP contribution in [0.2, 0.25) is 0 Å². The quantitative estimate of drug-likeness (QED) is 0.748. The van der Waals surface area contributed by atoms with Gasteiger partial charge in [0.25, 0.3) is 0 Å². The van der Waals surface area contributed by atoms with Crippen LogP contribution in [0.25, 0.3) is 0 Å². The third-order valence-electron chi connectivity index (χ3n) is 2.43. The third-order valence-corrected chi connectivity index (χ3v) is 2.43. The standard InChI is InChI=1S/C9H14N2O.H2/c1-7-2-8(3-7)10-4-9-5-12-6-11-9;/h5-8,10H,2-4H2,1H3;1H. The Kier molecular flexibility index (Phi) is 2.13. The fraction of sp³-hybridized carbons (Fsp3) is 0.667. The molecule has 0 aliphatic heterocycles. The summed E-state index contributed by atoms with van der Waals surface area (Å²) in [5, 5.41) is 3.43. The van der Waals surface area contributed by atoms with Crippen molar-refractivity contribution in [2.24, 2.45) is 5.92 Å². The zero-order valence-electron chi connectivity index (χ0n) is 7.29. The summed E-state index contributed by atoms with van der Waals surface area (Å²) in [7, 11) is 0. The van der Waals surface area contributed by atoms with Crippen LogP contribution in [0.1, 0.15) is 26.9 Å². The van der Waals surface area contributed by atoms with E-state index in [0.29, 0.717) is 6.04 Å². The van der Waals surface area contributed by atoms with Gasteiger partial charge in [0.05, 0.1) is 5.69 Å². The van der Waals surface area contributed by atoms with E-state index in [1.165, 1.54) is 19.2 Å². The minimum absolute atomic E-state index is 0. The number of nitrogens with zero attached hydrogens (tertiary/aromatic N) is 1. The minimum atomic E-state index is 0. The smallest absolute Gasteiger partial charge is 0.180 e. The lowest BCUT2D eigenvalue weighted by Gasteiger charge is -2.33. The van der Waals surface area contributed by atoms with Crippen molar-refractivity contribution in [2.75, 3.05) is 0 Å². The number of hydrogen-bond acceptors (Lipinski definition) is 3. The average molecular weight is 168 g/mol. The van der Waals surface area contributed by atoms with Crippen LogP contribution in [0.3, 0.4) is 0 Å². The Morgan fingerprint density at radius 1 is 1.75 bits per heavy atom. The maximum atomic E-state index is 4.87. The monoisotopic (exact) mass is 168 g/mol. The van der Waals surface area contributed by atoms with E-state index in [9.17, 15) is 0 Å². The zero-order chi connectivity index (χ0) is 8.39. The molecule has 12 heavy (non-hydrogen) atoms. The van der Waals surface area contributed by atoms with Gasteiger partial charge >= 0.3 is 0 Å². The highest BCUT2D eigenvalue weighted by Gasteiger charge is 2.24. The molecule has 1 saturated carbocycles. The van der Waals surface area contributed by atoms with Crippen LogP contribution in [0.15, 0.2) is 17.1 Å². The Labute approximate surface area is 73.7 Å². The van der Waals surface area contributed by atoms with E-state index >= 15 is 0 Å². The van der Waals surface area contributed by atoms with Gasteiger partial charge in [-0.15, -0.1) is 0 Å². The van der Waals surface area contributed by atoms with Crippen molar-refractivity contribution in [3.05, 3.63) is 18.4 Å². The van der Waals surface area contributed by atoms with Gasteiger partial charge in [0.15, 0.2) is 6.39 Å². The minimum Gasteiger partial charge on any atom is -0.451 e. The van der Waals surface area contributed by atoms with E-state index in [1.54, 1.807) is 6.26 Å². The predicted octanol–water partition coefficient (Wildman–Crippen LogP) is 1.81. The molecule has 0 saturated heterocycles. The van der Waals surface area contributed by atoms with E-state index in [1.807, 2.05) is 0 Å². The molecule has 1 heterocycles. The van der Waals surface area contributed by atoms with E-state index < -0.39 is 0 Å². The number of aromatic nitrogens is 1. The summed E-state index contributed by atoms with van der Waals surface area (Å²) in [6.45, 7) is 3.13. The Morgan fingerprint density at radius 3 is 3.17 bits per heavy atom. The fourth-order valence-electron chi connectivity index (χ4n) is 1.64. The van der Waals surface area contributed by atoms with Gasteiger partial charge in [-0.3, -0.25) is 0 Å². The van der Waals surface area contributed by atoms with Crippen LogP contribution in [-0.2, 0) is 6.54 Å². The van der Waals surface area contributed by atoms with Gasteiger partial charge in [0.1, 0.15) is 6.26 Å². The van der Waals surface area contributed by atoms with Crippen LogP contribution < -0.4 is 5.32 Å². The van der Waals surface area contributed by atoms with Crippen molar-refractivity contribution < 1.29 is 5.84 Å². The molecule has 0 amide bonds. The first-order valence-corrected chi connectivity index (χ1v) is 4.45. The molecule has 0 radical (unpaired) electrons. The first-order valence-electron chi connectivity index (χ1n) is 4.45. The molecular formula is C9H16N2O. The Bertz CT molecular complexity index is 232. The molecule has 68 valence electrons. The molecule has 2 rings (SSSR count). The third kappa shape index (κ3) is 1.67. The Hall–Kier alpha value is -0.830. The topological polar surface area (TPSA) is 38.1 Å². The highest BCUT2D eigenvalue weighted by atomic mass is 16.3. The number of rotatable bonds is 3. The molecule has 0 bridgehead atoms. The molecular weight excluding hydrogens is 152 g/mol. The number of nitrogens with one attached hydrogen (secondary N) is 1. The van der Waals surface area contributed by atoms with E-state index in [2.05, 4.69) is 17.2 Å². The van der Waals surface area contributed by atoms with Crippen molar-refractivity contribution in [1.29, 1.82) is 0 Å². The first kappa shape index (κ1) is 7.80. The summed E-state index contributed by atoms with van der Waals surface area (Å²) < 4.78 is 4.87. The van der Waals surface area contributed by atoms with Crippen LogP contribution in [0, 0.1) is 5.92 Å². The molecule has 1 aromatic heterocycles. The van der Waals surface area contributed by atoms with Crippen LogP contribution in [0.5, 0.6) is 0 Å². The summed E-state index contributed by atoms with van der Waals surface area (Å²) in [5.41, 5.74) is 0.995. The van der Waals surface area contributed by atoms with Gasteiger partial charge in [0.2, 0.25) is 0 Å². The second-order valence-electron chi connectivity index (χ2n) is 3.63. The summed E-state index contributed by atoms with van der Waals surface area (Å²) >= 11 is 0. The molecule has 1 N–H and O–H groups in total. The maximum absolute atomic E-state index is 4.87. The molecule has 0 unspecified atom stereocenters. The van der Waals surface area contributed by atoms with Gasteiger partial charge in [-0.25, -0.2) is 4.98 Å². The predicted molar refractivity (Wildman–Crippen MR) is 47.6 cm³/mol. The Balaban J connectivity index is 0.000000845. The lowest BCUT2D eigenvalue weighted by atomic mass is 9.82. The van der Waals surface area contributed by atoms with E-state index in [-0.39, 0.29) is 1.43 Å². The van der Waals surface area contributed by atoms with Crippen molar-refractivity contribution in [3.63, 3.8) is 0 Å². The van der Waals surface area contributed by atoms with Crippen molar-refractivity contribution >= 4 is 0 Å². The highest BCUT2D eigenvalue weighted by Crippen LogP contribution is 2.26. The Morgan fingerprint density at radius 2 is 2.58 bits per heavy atom. The van der Waals surface area contributed by atoms with Gasteiger partial charge in [-0.1, -0.05) is 6.92 Å². The molecule has 0 spiro atoms. The summed E-state index contributed by atoms with van der Waals surface area (Å²) in [6, 6.07) is 0.705. The summed E-state index contributed by atoms with van der Waals surface area (Å²) in [6.07, 6.45) is 5.77. The lowest BCUT2D eigenvalue weighted by Crippen LogP contribution is -2.39. The molecule has 0 aromatic carbocycles. The normalized spacial score (nSPS) is 28.4. The van der Waals surface area contributed by atoms with Crippen molar-refractivity contribution in [1.82, 2.24) is 10.3 Å². The van der Waals surface area contributed by atoms with Crippen LogP contribution in [-0.4, -0.2) is 11.0 Å². The van der Waals surface area contributed by atoms with Crippen LogP contribution in [0.4, 0.5) is 0 Å². The summed E-state index contributed by atoms with van der Waals surface area (Å²) in [5.74, 6) is 0.903. The molecule has 3 heteroatoms. The van der Waals surface area contributed by atoms with Gasteiger partial charge in [-0.2, -0.15) is 0 Å². The molecule has 3 nitrogen and oxygen atoms in total. The largest absolute Gasteiger partial charge is 0.451 e. The molecule has 0 atom stereocenters. The lowest BCUT2D eigenvalue weighted by molar-refractivity contribution is 0.239. The SMILES string of the molecule is CC1CC(NCc2cocn2)C1.[HH]. The fourth-order valence-corrected chi connectivity index (χ4v) is 1.64. The highest BCUT2D eigenvalue weighted by molar-refractivity contribution is 4.92. The van der Waals surface area contributed by atoms with Gasteiger partial charge in [0, 0.05) is 14.0 Å². The van der Waals surface area contributed by atoms with Crippen molar-refractivity contribution in [2.45, 2.75) is 32.4 Å². The second-order valence-corrected chi connectivity index (χ2v) is 3.63. The first-order chi connectivity index (χ1) is 5.84. The molecule has 1 aliphatic rings. The zero-order valence-corrected chi connectivity index (χ0v) is 7.29. The molecule has 1 fully saturated rings. The van der Waals surface area contributed by atoms with E-state index in [0.717, 1.165) is 18.2 Å². The number of oxazole rings is 1. The molecule has 1 aliphatic carbocycles. The second kappa shape index (κ2) is 3.27. The molecule has 1 aromatic rings. The average Bonchev–Trinajstić information content (AvgIpc) is 2.47. The van der Waals surface area contributed by atoms with E-state index in [4.69, 9.17) is 4.42 Å². The van der Waals surface area contributed by atoms with Crippen molar-refractivity contribution in [3.8, 4) is 0 Å². The van der Waals surface area contributed by atoms with Gasteiger partial charge < -0.3 is 9.73 Å². The number of hydrogen-bond donors (Lipinski definition) is 1. The maximum Gasteiger partial charge on any atom is 0.180 e. The van der Waals surface area contributed by atoms with Gasteiger partial charge in [-0.05, 0) is 18.8 Å².